The molecule has 1 atom stereocenters. The molecule has 0 aliphatic carbocycles. The highest BCUT2D eigenvalue weighted by Crippen LogP contribution is 2.45. The molecule has 0 amide bonds. The van der Waals surface area contributed by atoms with Crippen LogP contribution in [0.15, 0.2) is 24.8 Å². The predicted octanol–water partition coefficient (Wildman–Crippen LogP) is 4.96. The maximum atomic E-state index is 6.40. The van der Waals surface area contributed by atoms with Gasteiger partial charge in [-0.3, -0.25) is 0 Å². The van der Waals surface area contributed by atoms with E-state index in [1.54, 1.807) is 6.07 Å². The van der Waals surface area contributed by atoms with E-state index in [2.05, 4.69) is 13.5 Å². The molecular weight excluding hydrogens is 387 g/mol. The lowest BCUT2D eigenvalue weighted by molar-refractivity contribution is -0.0143. The first-order valence-corrected chi connectivity index (χ1v) is 10.5. The van der Waals surface area contributed by atoms with Crippen LogP contribution in [0, 0.1) is 0 Å². The predicted molar refractivity (Wildman–Crippen MR) is 121 cm³/mol. The Hall–Kier alpha value is -0.980. The first-order valence-electron chi connectivity index (χ1n) is 10.1. The maximum absolute atomic E-state index is 6.40. The van der Waals surface area contributed by atoms with Gasteiger partial charge in [0.1, 0.15) is 0 Å². The van der Waals surface area contributed by atoms with Crippen molar-refractivity contribution in [2.75, 3.05) is 5.73 Å². The van der Waals surface area contributed by atoms with Crippen molar-refractivity contribution in [1.82, 2.24) is 0 Å². The zero-order valence-electron chi connectivity index (χ0n) is 18.6. The summed E-state index contributed by atoms with van der Waals surface area (Å²) in [5, 5.41) is 0.538. The summed E-state index contributed by atoms with van der Waals surface area (Å²) in [6, 6.07) is 5.60. The van der Waals surface area contributed by atoms with Crippen molar-refractivity contribution >= 4 is 36.9 Å². The minimum absolute atomic E-state index is 0.439. The van der Waals surface area contributed by atoms with Crippen molar-refractivity contribution < 1.29 is 18.6 Å². The Labute approximate surface area is 180 Å². The summed E-state index contributed by atoms with van der Waals surface area (Å²) in [6.45, 7) is 18.4. The second-order valence-corrected chi connectivity index (χ2v) is 10.2. The molecule has 8 heteroatoms. The molecule has 5 nitrogen and oxygen atoms in total. The molecule has 2 aliphatic heterocycles. The maximum Gasteiger partial charge on any atom is 0.488 e. The molecule has 2 heterocycles. The Kier molecular flexibility index (Phi) is 5.72. The Balaban J connectivity index is 1.71. The first kappa shape index (κ1) is 22.7. The summed E-state index contributed by atoms with van der Waals surface area (Å²) < 4.78 is 24.9. The van der Waals surface area contributed by atoms with E-state index < -0.39 is 36.4 Å². The molecule has 29 heavy (non-hydrogen) atoms. The van der Waals surface area contributed by atoms with Crippen molar-refractivity contribution in [3.05, 3.63) is 35.4 Å². The summed E-state index contributed by atoms with van der Waals surface area (Å²) in [5.41, 5.74) is 6.53. The van der Waals surface area contributed by atoms with Gasteiger partial charge in [0, 0.05) is 5.56 Å². The van der Waals surface area contributed by atoms with Crippen LogP contribution in [0.2, 0.25) is 5.02 Å². The lowest BCUT2D eigenvalue weighted by Gasteiger charge is -2.37. The van der Waals surface area contributed by atoms with Gasteiger partial charge in [-0.15, -0.1) is 0 Å². The topological polar surface area (TPSA) is 62.9 Å². The molecule has 158 valence electrons. The standard InChI is InChI=1S/C21H32B2ClNO4/c1-14(15-10-9-11-16(24)17(15)25)12-13-21(8)20(6,7)28-23(29-21)22-26-18(2,3)19(4,5)27-22/h9-11H,1,12-13,25H2,2-8H3. The van der Waals surface area contributed by atoms with Gasteiger partial charge in [-0.2, -0.15) is 0 Å². The summed E-state index contributed by atoms with van der Waals surface area (Å²) in [7, 11) is -1.17. The van der Waals surface area contributed by atoms with Gasteiger partial charge in [-0.05, 0) is 72.9 Å². The molecule has 2 aliphatic rings. The van der Waals surface area contributed by atoms with Crippen LogP contribution < -0.4 is 5.73 Å². The highest BCUT2D eigenvalue weighted by atomic mass is 35.5. The van der Waals surface area contributed by atoms with Gasteiger partial charge in [0.25, 0.3) is 0 Å². The van der Waals surface area contributed by atoms with Crippen LogP contribution in [-0.2, 0) is 18.6 Å². The number of benzene rings is 1. The van der Waals surface area contributed by atoms with Gasteiger partial charge in [-0.25, -0.2) is 0 Å². The van der Waals surface area contributed by atoms with Crippen molar-refractivity contribution in [1.29, 1.82) is 0 Å². The lowest BCUT2D eigenvalue weighted by Crippen LogP contribution is -2.44. The SMILES string of the molecule is C=C(CCC1(C)OB(B2OC(C)(C)C(C)(C)O2)OC1(C)C)c1cccc(Cl)c1N. The normalized spacial score (nSPS) is 27.4. The third-order valence-corrected chi connectivity index (χ3v) is 7.22. The van der Waals surface area contributed by atoms with E-state index in [4.69, 9.17) is 36.0 Å². The van der Waals surface area contributed by atoms with E-state index in [9.17, 15) is 0 Å². The zero-order chi connectivity index (χ0) is 21.8. The number of anilines is 1. The fourth-order valence-corrected chi connectivity index (χ4v) is 3.85. The molecule has 0 bridgehead atoms. The third kappa shape index (κ3) is 4.00. The van der Waals surface area contributed by atoms with Gasteiger partial charge in [0.15, 0.2) is 0 Å². The van der Waals surface area contributed by atoms with Crippen LogP contribution in [0.25, 0.3) is 5.57 Å². The lowest BCUT2D eigenvalue weighted by atomic mass is 9.49. The van der Waals surface area contributed by atoms with Crippen LogP contribution in [-0.4, -0.2) is 36.4 Å². The zero-order valence-corrected chi connectivity index (χ0v) is 19.4. The highest BCUT2D eigenvalue weighted by Gasteiger charge is 2.64. The summed E-state index contributed by atoms with van der Waals surface area (Å²) in [4.78, 5) is 0. The van der Waals surface area contributed by atoms with Gasteiger partial charge in [0.05, 0.1) is 33.1 Å². The second kappa shape index (κ2) is 7.31. The Morgan fingerprint density at radius 3 is 2.03 bits per heavy atom. The van der Waals surface area contributed by atoms with Crippen LogP contribution in [0.3, 0.4) is 0 Å². The van der Waals surface area contributed by atoms with Crippen molar-refractivity contribution in [2.24, 2.45) is 0 Å². The third-order valence-electron chi connectivity index (χ3n) is 6.89. The Bertz CT molecular complexity index is 798. The van der Waals surface area contributed by atoms with Gasteiger partial charge >= 0.3 is 14.0 Å². The van der Waals surface area contributed by atoms with Crippen LogP contribution in [0.5, 0.6) is 0 Å². The number of halogens is 1. The fourth-order valence-electron chi connectivity index (χ4n) is 3.68. The summed E-state index contributed by atoms with van der Waals surface area (Å²) >= 11 is 6.16. The monoisotopic (exact) mass is 419 g/mol. The average molecular weight is 420 g/mol. The molecule has 1 aromatic carbocycles. The molecule has 0 saturated carbocycles. The quantitative estimate of drug-likeness (QED) is 0.540. The molecule has 1 aromatic rings. The number of nitrogen functional groups attached to an aromatic ring is 1. The molecule has 0 spiro atoms. The molecule has 2 fully saturated rings. The molecule has 3 rings (SSSR count). The van der Waals surface area contributed by atoms with E-state index >= 15 is 0 Å². The minimum Gasteiger partial charge on any atom is -0.405 e. The van der Waals surface area contributed by atoms with Crippen molar-refractivity contribution in [3.8, 4) is 0 Å². The van der Waals surface area contributed by atoms with E-state index in [0.717, 1.165) is 11.1 Å². The van der Waals surface area contributed by atoms with E-state index in [1.807, 2.05) is 53.7 Å². The molecular formula is C21H32B2ClNO4. The van der Waals surface area contributed by atoms with Gasteiger partial charge in [-0.1, -0.05) is 30.3 Å². The minimum atomic E-state index is -0.597. The summed E-state index contributed by atoms with van der Waals surface area (Å²) in [5.74, 6) is 0. The van der Waals surface area contributed by atoms with Crippen molar-refractivity contribution in [2.45, 2.75) is 83.7 Å². The number of allylic oxidation sites excluding steroid dienone is 1. The molecule has 0 radical (unpaired) electrons. The van der Waals surface area contributed by atoms with Gasteiger partial charge in [0.2, 0.25) is 0 Å². The van der Waals surface area contributed by atoms with E-state index in [-0.39, 0.29) is 0 Å². The molecule has 1 unspecified atom stereocenters. The molecule has 2 saturated heterocycles. The van der Waals surface area contributed by atoms with Crippen LogP contribution >= 0.6 is 11.6 Å². The number of nitrogens with two attached hydrogens (primary N) is 1. The smallest absolute Gasteiger partial charge is 0.405 e. The number of hydrogen-bond donors (Lipinski definition) is 1. The highest BCUT2D eigenvalue weighted by molar-refractivity contribution is 7.11. The summed E-state index contributed by atoms with van der Waals surface area (Å²) in [6.07, 6.45) is 1.41. The Morgan fingerprint density at radius 1 is 0.931 bits per heavy atom. The largest absolute Gasteiger partial charge is 0.488 e. The fraction of sp³-hybridized carbons (Fsp3) is 0.619. The number of hydrogen-bond acceptors (Lipinski definition) is 5. The first-order chi connectivity index (χ1) is 13.2. The molecule has 0 aromatic heterocycles. The second-order valence-electron chi connectivity index (χ2n) is 9.77. The van der Waals surface area contributed by atoms with Crippen LogP contribution in [0.4, 0.5) is 5.69 Å². The van der Waals surface area contributed by atoms with E-state index in [1.165, 1.54) is 0 Å². The van der Waals surface area contributed by atoms with E-state index in [0.29, 0.717) is 23.6 Å². The average Bonchev–Trinajstić information content (AvgIpc) is 2.97. The number of rotatable bonds is 5. The van der Waals surface area contributed by atoms with Gasteiger partial charge < -0.3 is 24.4 Å². The Morgan fingerprint density at radius 2 is 1.45 bits per heavy atom. The number of para-hydroxylation sites is 1. The van der Waals surface area contributed by atoms with Crippen molar-refractivity contribution in [3.63, 3.8) is 0 Å². The van der Waals surface area contributed by atoms with Crippen LogP contribution in [0.1, 0.15) is 66.9 Å². The molecule has 2 N–H and O–H groups in total.